The van der Waals surface area contributed by atoms with Gasteiger partial charge in [0.2, 0.25) is 0 Å². The third-order valence-electron chi connectivity index (χ3n) is 6.01. The first-order valence-corrected chi connectivity index (χ1v) is 11.7. The van der Waals surface area contributed by atoms with Gasteiger partial charge in [-0.15, -0.1) is 0 Å². The van der Waals surface area contributed by atoms with E-state index in [9.17, 15) is 9.59 Å². The van der Waals surface area contributed by atoms with Gasteiger partial charge in [-0.3, -0.25) is 4.79 Å². The van der Waals surface area contributed by atoms with Crippen LogP contribution in [0.4, 0.5) is 4.79 Å². The standard InChI is InChI=1S/C28H30N2O5/c1-33-27(31)26(19-34-17-20-9-3-2-4-10-20)29-15-16-30-28(32)35-18-25-23-13-7-5-11-21(23)22-12-6-8-14-24(22)25/h2-14,25-26,29H,15-19H2,1H3,(H,30,32)/t26-/m0/s1. The lowest BCUT2D eigenvalue weighted by molar-refractivity contribution is -0.144. The molecule has 0 spiro atoms. The molecule has 0 saturated heterocycles. The van der Waals surface area contributed by atoms with Crippen LogP contribution in [0.15, 0.2) is 78.9 Å². The number of rotatable bonds is 11. The molecule has 0 saturated carbocycles. The summed E-state index contributed by atoms with van der Waals surface area (Å²) in [5.41, 5.74) is 5.72. The Morgan fingerprint density at radius 2 is 1.49 bits per heavy atom. The molecule has 0 heterocycles. The highest BCUT2D eigenvalue weighted by Crippen LogP contribution is 2.44. The monoisotopic (exact) mass is 474 g/mol. The maximum Gasteiger partial charge on any atom is 0.407 e. The molecule has 0 aliphatic heterocycles. The number of hydrogen-bond acceptors (Lipinski definition) is 6. The van der Waals surface area contributed by atoms with Crippen LogP contribution in [0, 0.1) is 0 Å². The Labute approximate surface area is 205 Å². The molecule has 1 amide bonds. The maximum atomic E-state index is 12.3. The van der Waals surface area contributed by atoms with Crippen LogP contribution in [0.5, 0.6) is 0 Å². The normalized spacial score (nSPS) is 12.9. The lowest BCUT2D eigenvalue weighted by atomic mass is 9.98. The first-order chi connectivity index (χ1) is 17.2. The smallest absolute Gasteiger partial charge is 0.407 e. The minimum atomic E-state index is -0.631. The number of fused-ring (bicyclic) bond motifs is 3. The third-order valence-corrected chi connectivity index (χ3v) is 6.01. The van der Waals surface area contributed by atoms with Crippen LogP contribution in [0.25, 0.3) is 11.1 Å². The van der Waals surface area contributed by atoms with Crippen LogP contribution >= 0.6 is 0 Å². The maximum absolute atomic E-state index is 12.3. The highest BCUT2D eigenvalue weighted by molar-refractivity contribution is 5.79. The first kappa shape index (κ1) is 24.4. The largest absolute Gasteiger partial charge is 0.468 e. The van der Waals surface area contributed by atoms with Gasteiger partial charge in [-0.25, -0.2) is 4.79 Å². The number of nitrogens with one attached hydrogen (secondary N) is 2. The van der Waals surface area contributed by atoms with Crippen molar-refractivity contribution in [3.05, 3.63) is 95.6 Å². The highest BCUT2D eigenvalue weighted by atomic mass is 16.5. The van der Waals surface area contributed by atoms with Crippen LogP contribution in [0.1, 0.15) is 22.6 Å². The summed E-state index contributed by atoms with van der Waals surface area (Å²) in [6.07, 6.45) is -0.497. The Hall–Kier alpha value is -3.68. The lowest BCUT2D eigenvalue weighted by Gasteiger charge is -2.17. The number of esters is 1. The van der Waals surface area contributed by atoms with E-state index in [0.717, 1.165) is 5.56 Å². The Morgan fingerprint density at radius 1 is 0.857 bits per heavy atom. The molecule has 3 aromatic carbocycles. The Kier molecular flexibility index (Phi) is 8.48. The summed E-state index contributed by atoms with van der Waals surface area (Å²) in [6, 6.07) is 25.5. The van der Waals surface area contributed by atoms with Crippen LogP contribution in [-0.2, 0) is 25.6 Å². The summed E-state index contributed by atoms with van der Waals surface area (Å²) in [7, 11) is 1.34. The van der Waals surface area contributed by atoms with Gasteiger partial charge < -0.3 is 24.8 Å². The number of alkyl carbamates (subject to hydrolysis) is 1. The number of benzene rings is 3. The van der Waals surface area contributed by atoms with Crippen molar-refractivity contribution in [1.29, 1.82) is 0 Å². The van der Waals surface area contributed by atoms with Gasteiger partial charge in [-0.2, -0.15) is 0 Å². The van der Waals surface area contributed by atoms with Crippen molar-refractivity contribution in [3.8, 4) is 11.1 Å². The quantitative estimate of drug-likeness (QED) is 0.324. The van der Waals surface area contributed by atoms with Gasteiger partial charge in [0.15, 0.2) is 0 Å². The molecule has 0 bridgehead atoms. The lowest BCUT2D eigenvalue weighted by Crippen LogP contribution is -2.44. The molecule has 1 atom stereocenters. The number of ether oxygens (including phenoxy) is 3. The second-order valence-corrected chi connectivity index (χ2v) is 8.28. The van der Waals surface area contributed by atoms with E-state index < -0.39 is 18.1 Å². The second kappa shape index (κ2) is 12.1. The summed E-state index contributed by atoms with van der Waals surface area (Å²) in [5.74, 6) is -0.407. The Morgan fingerprint density at radius 3 is 2.14 bits per heavy atom. The van der Waals surface area contributed by atoms with Crippen LogP contribution in [0.2, 0.25) is 0 Å². The molecule has 182 valence electrons. The van der Waals surface area contributed by atoms with Gasteiger partial charge in [0, 0.05) is 19.0 Å². The summed E-state index contributed by atoms with van der Waals surface area (Å²) >= 11 is 0. The van der Waals surface area contributed by atoms with Crippen LogP contribution in [0.3, 0.4) is 0 Å². The molecular weight excluding hydrogens is 444 g/mol. The molecule has 7 nitrogen and oxygen atoms in total. The first-order valence-electron chi connectivity index (χ1n) is 11.7. The number of amides is 1. The predicted molar refractivity (Wildman–Crippen MR) is 133 cm³/mol. The van der Waals surface area contributed by atoms with E-state index >= 15 is 0 Å². The highest BCUT2D eigenvalue weighted by Gasteiger charge is 2.29. The predicted octanol–water partition coefficient (Wildman–Crippen LogP) is 3.87. The van der Waals surface area contributed by atoms with E-state index in [1.54, 1.807) is 0 Å². The fourth-order valence-electron chi connectivity index (χ4n) is 4.28. The van der Waals surface area contributed by atoms with Gasteiger partial charge in [-0.1, -0.05) is 78.9 Å². The van der Waals surface area contributed by atoms with Crippen molar-refractivity contribution in [2.24, 2.45) is 0 Å². The van der Waals surface area contributed by atoms with Crippen LogP contribution < -0.4 is 10.6 Å². The summed E-state index contributed by atoms with van der Waals surface area (Å²) < 4.78 is 16.0. The number of carbonyl (C=O) groups is 2. The molecule has 35 heavy (non-hydrogen) atoms. The molecule has 1 aliphatic carbocycles. The van der Waals surface area contributed by atoms with Crippen molar-refractivity contribution in [2.45, 2.75) is 18.6 Å². The summed E-state index contributed by atoms with van der Waals surface area (Å²) in [5, 5.41) is 5.80. The number of hydrogen-bond donors (Lipinski definition) is 2. The van der Waals surface area contributed by atoms with Crippen molar-refractivity contribution in [2.75, 3.05) is 33.4 Å². The van der Waals surface area contributed by atoms with E-state index in [1.807, 2.05) is 54.6 Å². The zero-order valence-electron chi connectivity index (χ0n) is 19.7. The van der Waals surface area contributed by atoms with Gasteiger partial charge in [-0.05, 0) is 27.8 Å². The van der Waals surface area contributed by atoms with Crippen LogP contribution in [-0.4, -0.2) is 51.5 Å². The molecule has 2 N–H and O–H groups in total. The molecular formula is C28H30N2O5. The van der Waals surface area contributed by atoms with Crippen molar-refractivity contribution in [1.82, 2.24) is 10.6 Å². The molecule has 0 radical (unpaired) electrons. The van der Waals surface area contributed by atoms with Crippen molar-refractivity contribution >= 4 is 12.1 Å². The fraction of sp³-hybridized carbons (Fsp3) is 0.286. The van der Waals surface area contributed by atoms with E-state index in [2.05, 4.69) is 34.9 Å². The van der Waals surface area contributed by atoms with Gasteiger partial charge in [0.1, 0.15) is 12.6 Å². The average Bonchev–Trinajstić information content (AvgIpc) is 3.22. The van der Waals surface area contributed by atoms with Gasteiger partial charge >= 0.3 is 12.1 Å². The Bertz CT molecular complexity index is 1090. The van der Waals surface area contributed by atoms with E-state index in [1.165, 1.54) is 29.4 Å². The molecule has 3 aromatic rings. The van der Waals surface area contributed by atoms with Crippen molar-refractivity contribution in [3.63, 3.8) is 0 Å². The van der Waals surface area contributed by atoms with Gasteiger partial charge in [0.25, 0.3) is 0 Å². The summed E-state index contributed by atoms with van der Waals surface area (Å²) in [4.78, 5) is 24.4. The minimum Gasteiger partial charge on any atom is -0.468 e. The molecule has 1 aliphatic rings. The summed E-state index contributed by atoms with van der Waals surface area (Å²) in [6.45, 7) is 1.47. The second-order valence-electron chi connectivity index (χ2n) is 8.28. The van der Waals surface area contributed by atoms with Gasteiger partial charge in [0.05, 0.1) is 20.3 Å². The molecule has 0 unspecified atom stereocenters. The van der Waals surface area contributed by atoms with E-state index in [4.69, 9.17) is 14.2 Å². The fourth-order valence-corrected chi connectivity index (χ4v) is 4.28. The zero-order valence-corrected chi connectivity index (χ0v) is 19.7. The molecule has 0 aromatic heterocycles. The van der Waals surface area contributed by atoms with E-state index in [0.29, 0.717) is 19.7 Å². The van der Waals surface area contributed by atoms with Crippen molar-refractivity contribution < 1.29 is 23.8 Å². The topological polar surface area (TPSA) is 85.9 Å². The minimum absolute atomic E-state index is 0.0109. The molecule has 0 fully saturated rings. The number of carbonyl (C=O) groups excluding carboxylic acids is 2. The average molecular weight is 475 g/mol. The molecule has 4 rings (SSSR count). The third kappa shape index (κ3) is 6.26. The zero-order chi connectivity index (χ0) is 24.5. The van der Waals surface area contributed by atoms with E-state index in [-0.39, 0.29) is 19.1 Å². The number of methoxy groups -OCH3 is 1. The SMILES string of the molecule is COC(=O)[C@H](COCc1ccccc1)NCCNC(=O)OCC1c2ccccc2-c2ccccc21. The molecule has 7 heteroatoms. The Balaban J connectivity index is 1.20.